The molecule has 28 heteroatoms. The zero-order valence-corrected chi connectivity index (χ0v) is 49.9. The maximum absolute atomic E-state index is 14.9. The van der Waals surface area contributed by atoms with Crippen LogP contribution >= 0.6 is 0 Å². The topological polar surface area (TPSA) is 315 Å². The molecule has 2 aromatic carbocycles. The molecule has 2 aromatic heterocycles. The summed E-state index contributed by atoms with van der Waals surface area (Å²) >= 11 is 0. The van der Waals surface area contributed by atoms with E-state index >= 15 is 0 Å². The standard InChI is InChI=1S/C60H75F3N14O11/c1-36(2)53(71-49(78)13-7-6-8-22-76-51(80)18-19-52(76)81)55(83)68-45(12-9-20-65-57(64)85)54(82)67-41-16-14-38(15-17-41)32-88-58(86)73(4)31-50(79)70-46-25-40(59(33-87-34-59)27-48-72-66-35-74(48)5)26-47(69-46)77-30-43-42(56(77)84)23-39(24-44(43)60(61,62)63)29-75-21-10-11-37(3)28-75/h14-19,23-26,35-37,45,53H,6-13,20-22,27-34H2,1-5H3,(H,67,82)(H,68,83)(H,71,78)(H3,64,65,85)(H,69,70,79)/t37-,45?,53?/m0/s1. The molecule has 25 nitrogen and oxygen atoms in total. The summed E-state index contributed by atoms with van der Waals surface area (Å²) in [6, 6.07) is 9.21. The monoisotopic (exact) mass is 1220 g/mol. The molecule has 4 aromatic rings. The van der Waals surface area contributed by atoms with Gasteiger partial charge in [-0.1, -0.05) is 39.3 Å². The van der Waals surface area contributed by atoms with Crippen LogP contribution in [0.15, 0.2) is 67.0 Å². The summed E-state index contributed by atoms with van der Waals surface area (Å²) < 4.78 is 57.6. The number of hydrogen-bond donors (Lipinski definition) is 6. The molecule has 2 unspecified atom stereocenters. The number of aromatic nitrogens is 4. The SMILES string of the molecule is CC(C)C(NC(=O)CCCCCN1C(=O)C=CC1=O)C(=O)NC(CCCNC(N)=O)C(=O)Nc1ccc(COC(=O)N(C)CC(=O)Nc2cc(C3(Cc4nncn4C)COC3)cc(N3Cc4c(cc(CN5CCC[C@H](C)C5)cc4C(F)(F)F)C3=O)n2)cc1. The van der Waals surface area contributed by atoms with E-state index in [9.17, 15) is 56.3 Å². The van der Waals surface area contributed by atoms with Crippen molar-refractivity contribution in [2.45, 2.75) is 122 Å². The number of carbonyl (C=O) groups is 9. The van der Waals surface area contributed by atoms with Gasteiger partial charge in [0.2, 0.25) is 23.6 Å². The van der Waals surface area contributed by atoms with Gasteiger partial charge < -0.3 is 51.3 Å². The number of likely N-dealkylation sites (tertiary alicyclic amines) is 1. The van der Waals surface area contributed by atoms with Crippen molar-refractivity contribution in [2.75, 3.05) is 68.5 Å². The zero-order valence-electron chi connectivity index (χ0n) is 49.9. The Hall–Kier alpha value is -8.79. The minimum atomic E-state index is -4.76. The average molecular weight is 1230 g/mol. The van der Waals surface area contributed by atoms with Crippen molar-refractivity contribution in [2.24, 2.45) is 24.6 Å². The summed E-state index contributed by atoms with van der Waals surface area (Å²) in [4.78, 5) is 127. The van der Waals surface area contributed by atoms with Gasteiger partial charge in [0.1, 0.15) is 49.0 Å². The molecule has 4 aliphatic rings. The Morgan fingerprint density at radius 3 is 2.30 bits per heavy atom. The fourth-order valence-electron chi connectivity index (χ4n) is 11.0. The lowest BCUT2D eigenvalue weighted by Crippen LogP contribution is -2.54. The molecule has 88 heavy (non-hydrogen) atoms. The molecule has 472 valence electrons. The number of ether oxygens (including phenoxy) is 2. The van der Waals surface area contributed by atoms with Crippen LogP contribution in [0.5, 0.6) is 0 Å². The lowest BCUT2D eigenvalue weighted by molar-refractivity contribution is -0.138. The van der Waals surface area contributed by atoms with Crippen molar-refractivity contribution < 1.29 is 65.8 Å². The number of anilines is 3. The van der Waals surface area contributed by atoms with Gasteiger partial charge in [0.25, 0.3) is 17.7 Å². The van der Waals surface area contributed by atoms with Crippen LogP contribution in [0.2, 0.25) is 0 Å². The minimum Gasteiger partial charge on any atom is -0.445 e. The normalized spacial score (nSPS) is 17.1. The molecular formula is C60H75F3N14O11. The van der Waals surface area contributed by atoms with E-state index in [0.29, 0.717) is 59.8 Å². The van der Waals surface area contributed by atoms with Crippen LogP contribution in [0.1, 0.15) is 116 Å². The Bertz CT molecular complexity index is 3280. The quantitative estimate of drug-likeness (QED) is 0.0344. The summed E-state index contributed by atoms with van der Waals surface area (Å²) in [7, 11) is 3.11. The number of pyridine rings is 1. The number of primary amides is 1. The van der Waals surface area contributed by atoms with Gasteiger partial charge in [0.05, 0.1) is 25.3 Å². The zero-order chi connectivity index (χ0) is 63.5. The molecule has 7 N–H and O–H groups in total. The van der Waals surface area contributed by atoms with Crippen LogP contribution in [0.4, 0.5) is 40.1 Å². The number of rotatable bonds is 27. The molecule has 6 heterocycles. The van der Waals surface area contributed by atoms with E-state index < -0.39 is 84.0 Å². The van der Waals surface area contributed by atoms with Crippen molar-refractivity contribution >= 4 is 70.8 Å². The van der Waals surface area contributed by atoms with Crippen LogP contribution in [0.3, 0.4) is 0 Å². The number of halogens is 3. The van der Waals surface area contributed by atoms with Gasteiger partial charge >= 0.3 is 18.3 Å². The van der Waals surface area contributed by atoms with Crippen molar-refractivity contribution in [3.05, 3.63) is 106 Å². The number of nitrogens with two attached hydrogens (primary N) is 1. The number of imide groups is 1. The largest absolute Gasteiger partial charge is 0.445 e. The number of urea groups is 1. The summed E-state index contributed by atoms with van der Waals surface area (Å²) in [6.07, 6.45) is 2.45. The highest BCUT2D eigenvalue weighted by atomic mass is 19.4. The number of alkyl halides is 3. The third-order valence-electron chi connectivity index (χ3n) is 15.9. The fraction of sp³-hybridized carbons (Fsp3) is 0.500. The van der Waals surface area contributed by atoms with Gasteiger partial charge in [-0.05, 0) is 116 Å². The minimum absolute atomic E-state index is 0.0103. The lowest BCUT2D eigenvalue weighted by Gasteiger charge is -2.42. The van der Waals surface area contributed by atoms with Gasteiger partial charge in [0.15, 0.2) is 0 Å². The highest BCUT2D eigenvalue weighted by Gasteiger charge is 2.45. The second-order valence-corrected chi connectivity index (χ2v) is 23.3. The number of fused-ring (bicyclic) bond motifs is 1. The third-order valence-corrected chi connectivity index (χ3v) is 15.9. The molecule has 0 bridgehead atoms. The number of carbonyl (C=O) groups excluding carboxylic acids is 9. The van der Waals surface area contributed by atoms with Crippen LogP contribution in [0, 0.1) is 11.8 Å². The molecule has 0 radical (unpaired) electrons. The molecule has 0 spiro atoms. The van der Waals surface area contributed by atoms with E-state index in [4.69, 9.17) is 15.2 Å². The first-order chi connectivity index (χ1) is 41.9. The number of likely N-dealkylation sites (N-methyl/N-ethyl adjacent to an activating group) is 1. The van der Waals surface area contributed by atoms with Crippen LogP contribution in [-0.2, 0) is 83.0 Å². The summed E-state index contributed by atoms with van der Waals surface area (Å²) in [5.41, 5.74) is 5.04. The van der Waals surface area contributed by atoms with E-state index in [2.05, 4.69) is 53.6 Å². The smallest absolute Gasteiger partial charge is 0.416 e. The summed E-state index contributed by atoms with van der Waals surface area (Å²) in [6.45, 7) is 6.80. The number of benzene rings is 2. The van der Waals surface area contributed by atoms with Crippen molar-refractivity contribution in [3.8, 4) is 0 Å². The Labute approximate surface area is 506 Å². The molecule has 2 fully saturated rings. The number of amides is 10. The molecule has 3 atom stereocenters. The van der Waals surface area contributed by atoms with Crippen LogP contribution in [-0.4, -0.2) is 153 Å². The molecule has 0 saturated carbocycles. The number of unbranched alkanes of at least 4 members (excludes halogenated alkanes) is 2. The molecular weight excluding hydrogens is 1150 g/mol. The summed E-state index contributed by atoms with van der Waals surface area (Å²) in [5.74, 6) is -3.22. The van der Waals surface area contributed by atoms with E-state index in [1.165, 1.54) is 30.2 Å². The Balaban J connectivity index is 0.880. The van der Waals surface area contributed by atoms with E-state index in [1.54, 1.807) is 68.2 Å². The number of piperidine rings is 1. The Morgan fingerprint density at radius 1 is 0.909 bits per heavy atom. The van der Waals surface area contributed by atoms with Crippen LogP contribution in [0.25, 0.3) is 0 Å². The highest BCUT2D eigenvalue weighted by molar-refractivity contribution is 6.13. The van der Waals surface area contributed by atoms with Gasteiger partial charge in [-0.3, -0.25) is 48.3 Å². The highest BCUT2D eigenvalue weighted by Crippen LogP contribution is 2.42. The van der Waals surface area contributed by atoms with E-state index in [1.807, 2.05) is 0 Å². The van der Waals surface area contributed by atoms with Crippen molar-refractivity contribution in [3.63, 3.8) is 0 Å². The maximum atomic E-state index is 14.9. The van der Waals surface area contributed by atoms with E-state index in [0.717, 1.165) is 41.8 Å². The van der Waals surface area contributed by atoms with E-state index in [-0.39, 0.29) is 99.2 Å². The van der Waals surface area contributed by atoms with Crippen LogP contribution < -0.4 is 37.2 Å². The van der Waals surface area contributed by atoms with Crippen molar-refractivity contribution in [1.82, 2.24) is 50.4 Å². The average Bonchev–Trinajstić information content (AvgIpc) is 3.10. The first kappa shape index (κ1) is 65.2. The predicted octanol–water partition coefficient (Wildman–Crippen LogP) is 4.84. The number of aryl methyl sites for hydroxylation is 1. The second-order valence-electron chi connectivity index (χ2n) is 23.3. The lowest BCUT2D eigenvalue weighted by atomic mass is 9.75. The van der Waals surface area contributed by atoms with Gasteiger partial charge in [0, 0.05) is 81.9 Å². The first-order valence-electron chi connectivity index (χ1n) is 29.3. The number of nitrogens with one attached hydrogen (secondary N) is 5. The van der Waals surface area contributed by atoms with Gasteiger partial charge in [-0.25, -0.2) is 14.6 Å². The Kier molecular flexibility index (Phi) is 21.3. The van der Waals surface area contributed by atoms with Gasteiger partial charge in [-0.2, -0.15) is 13.2 Å². The molecule has 0 aliphatic carbocycles. The fourth-order valence-corrected chi connectivity index (χ4v) is 11.0. The number of hydrogen-bond acceptors (Lipinski definition) is 15. The molecule has 8 rings (SSSR count). The van der Waals surface area contributed by atoms with Gasteiger partial charge in [-0.15, -0.1) is 10.2 Å². The maximum Gasteiger partial charge on any atom is 0.416 e. The number of nitrogens with zero attached hydrogens (tertiary/aromatic N) is 8. The molecule has 10 amide bonds. The first-order valence-corrected chi connectivity index (χ1v) is 29.3. The predicted molar refractivity (Wildman–Crippen MR) is 313 cm³/mol. The third kappa shape index (κ3) is 16.8. The second kappa shape index (κ2) is 28.8. The molecule has 4 aliphatic heterocycles. The van der Waals surface area contributed by atoms with Crippen molar-refractivity contribution in [1.29, 1.82) is 0 Å². The molecule has 2 saturated heterocycles. The Morgan fingerprint density at radius 2 is 1.65 bits per heavy atom. The summed E-state index contributed by atoms with van der Waals surface area (Å²) in [5, 5.41) is 21.7.